The number of hydrogen-bond donors (Lipinski definition) is 0. The van der Waals surface area contributed by atoms with E-state index in [-0.39, 0.29) is 23.5 Å². The first kappa shape index (κ1) is 14.8. The maximum atomic E-state index is 12.5. The van der Waals surface area contributed by atoms with Crippen molar-refractivity contribution in [2.24, 2.45) is 0 Å². The van der Waals surface area contributed by atoms with Crippen LogP contribution >= 0.6 is 22.6 Å². The van der Waals surface area contributed by atoms with Crippen LogP contribution in [0.15, 0.2) is 24.3 Å². The molecule has 4 nitrogen and oxygen atoms in total. The van der Waals surface area contributed by atoms with Crippen LogP contribution in [0.4, 0.5) is 0 Å². The van der Waals surface area contributed by atoms with Gasteiger partial charge in [-0.2, -0.15) is 0 Å². The molecule has 1 amide bonds. The van der Waals surface area contributed by atoms with Crippen LogP contribution in [0.5, 0.6) is 0 Å². The second-order valence-electron chi connectivity index (χ2n) is 4.66. The molecule has 1 fully saturated rings. The standard InChI is InChI=1S/C13H16INO3S/c1-2-15(12-6-7-19(17,18)9-12)13(16)10-4-3-5-11(14)8-10/h3-5,8,12H,2,6-7,9H2,1H3/t12-/m1/s1. The van der Waals surface area contributed by atoms with E-state index >= 15 is 0 Å². The number of halogens is 1. The molecule has 0 radical (unpaired) electrons. The SMILES string of the molecule is CCN(C(=O)c1cccc(I)c1)[C@@H]1CCS(=O)(=O)C1. The predicted molar refractivity (Wildman–Crippen MR) is 82.9 cm³/mol. The molecule has 0 N–H and O–H groups in total. The van der Waals surface area contributed by atoms with Crippen molar-refractivity contribution in [3.63, 3.8) is 0 Å². The van der Waals surface area contributed by atoms with E-state index in [1.165, 1.54) is 0 Å². The number of carbonyl (C=O) groups excluding carboxylic acids is 1. The lowest BCUT2D eigenvalue weighted by Crippen LogP contribution is -2.41. The smallest absolute Gasteiger partial charge is 0.254 e. The lowest BCUT2D eigenvalue weighted by Gasteiger charge is -2.27. The quantitative estimate of drug-likeness (QED) is 0.738. The zero-order chi connectivity index (χ0) is 14.0. The third-order valence-electron chi connectivity index (χ3n) is 3.32. The first-order valence-corrected chi connectivity index (χ1v) is 9.10. The van der Waals surface area contributed by atoms with Crippen LogP contribution in [0.1, 0.15) is 23.7 Å². The monoisotopic (exact) mass is 393 g/mol. The molecule has 0 bridgehead atoms. The highest BCUT2D eigenvalue weighted by Crippen LogP contribution is 2.20. The van der Waals surface area contributed by atoms with E-state index < -0.39 is 9.84 Å². The molecule has 0 spiro atoms. The fourth-order valence-electron chi connectivity index (χ4n) is 2.38. The number of hydrogen-bond acceptors (Lipinski definition) is 3. The number of sulfone groups is 1. The highest BCUT2D eigenvalue weighted by molar-refractivity contribution is 14.1. The summed E-state index contributed by atoms with van der Waals surface area (Å²) in [5.74, 6) is 0.202. The molecule has 1 aliphatic rings. The molecule has 1 atom stereocenters. The molecule has 0 aromatic heterocycles. The number of amides is 1. The Kier molecular flexibility index (Phi) is 4.50. The molecular formula is C13H16INO3S. The second kappa shape index (κ2) is 5.78. The van der Waals surface area contributed by atoms with Crippen molar-refractivity contribution in [3.8, 4) is 0 Å². The molecule has 0 aliphatic carbocycles. The van der Waals surface area contributed by atoms with Crippen molar-refractivity contribution in [2.45, 2.75) is 19.4 Å². The first-order chi connectivity index (χ1) is 8.93. The summed E-state index contributed by atoms with van der Waals surface area (Å²) in [5, 5.41) is 0. The van der Waals surface area contributed by atoms with Crippen molar-refractivity contribution in [1.82, 2.24) is 4.90 Å². The van der Waals surface area contributed by atoms with E-state index in [4.69, 9.17) is 0 Å². The van der Waals surface area contributed by atoms with E-state index in [0.29, 0.717) is 18.5 Å². The van der Waals surface area contributed by atoms with Gasteiger partial charge < -0.3 is 4.90 Å². The number of rotatable bonds is 3. The van der Waals surface area contributed by atoms with E-state index in [2.05, 4.69) is 22.6 Å². The molecule has 1 saturated heterocycles. The van der Waals surface area contributed by atoms with Gasteiger partial charge in [-0.3, -0.25) is 4.79 Å². The summed E-state index contributed by atoms with van der Waals surface area (Å²) in [7, 11) is -2.97. The molecule has 104 valence electrons. The van der Waals surface area contributed by atoms with E-state index in [1.54, 1.807) is 11.0 Å². The highest BCUT2D eigenvalue weighted by atomic mass is 127. The third-order valence-corrected chi connectivity index (χ3v) is 5.74. The summed E-state index contributed by atoms with van der Waals surface area (Å²) in [4.78, 5) is 14.1. The van der Waals surface area contributed by atoms with Crippen molar-refractivity contribution in [2.75, 3.05) is 18.1 Å². The molecule has 2 rings (SSSR count). The van der Waals surface area contributed by atoms with Gasteiger partial charge in [0.05, 0.1) is 11.5 Å². The van der Waals surface area contributed by atoms with Gasteiger partial charge in [-0.05, 0) is 54.1 Å². The normalized spacial score (nSPS) is 21.3. The van der Waals surface area contributed by atoms with Crippen molar-refractivity contribution >= 4 is 38.3 Å². The summed E-state index contributed by atoms with van der Waals surface area (Å²) < 4.78 is 24.1. The summed E-state index contributed by atoms with van der Waals surface area (Å²) in [6.07, 6.45) is 0.547. The van der Waals surface area contributed by atoms with Crippen LogP contribution in [0, 0.1) is 3.57 Å². The minimum atomic E-state index is -2.97. The summed E-state index contributed by atoms with van der Waals surface area (Å²) in [5.41, 5.74) is 0.623. The van der Waals surface area contributed by atoms with Crippen LogP contribution in [-0.4, -0.2) is 43.3 Å². The zero-order valence-electron chi connectivity index (χ0n) is 10.7. The molecule has 0 unspecified atom stereocenters. The fraction of sp³-hybridized carbons (Fsp3) is 0.462. The van der Waals surface area contributed by atoms with Crippen molar-refractivity contribution in [1.29, 1.82) is 0 Å². The van der Waals surface area contributed by atoms with Crippen molar-refractivity contribution < 1.29 is 13.2 Å². The number of carbonyl (C=O) groups is 1. The van der Waals surface area contributed by atoms with Gasteiger partial charge in [0.1, 0.15) is 0 Å². The third kappa shape index (κ3) is 3.47. The van der Waals surface area contributed by atoms with Crippen LogP contribution in [0.3, 0.4) is 0 Å². The maximum Gasteiger partial charge on any atom is 0.254 e. The van der Waals surface area contributed by atoms with Crippen molar-refractivity contribution in [3.05, 3.63) is 33.4 Å². The molecule has 1 aliphatic heterocycles. The van der Waals surface area contributed by atoms with E-state index in [0.717, 1.165) is 3.57 Å². The Bertz CT molecular complexity index is 585. The minimum Gasteiger partial charge on any atom is -0.335 e. The van der Waals surface area contributed by atoms with Gasteiger partial charge in [0.2, 0.25) is 0 Å². The minimum absolute atomic E-state index is 0.0804. The summed E-state index contributed by atoms with van der Waals surface area (Å²) >= 11 is 2.16. The summed E-state index contributed by atoms with van der Waals surface area (Å²) in [6, 6.07) is 7.19. The first-order valence-electron chi connectivity index (χ1n) is 6.20. The Morgan fingerprint density at radius 3 is 2.74 bits per heavy atom. The van der Waals surface area contributed by atoms with Gasteiger partial charge in [-0.15, -0.1) is 0 Å². The van der Waals surface area contributed by atoms with Gasteiger partial charge >= 0.3 is 0 Å². The van der Waals surface area contributed by atoms with Gasteiger partial charge in [0, 0.05) is 21.7 Å². The molecule has 1 aromatic rings. The number of benzene rings is 1. The Morgan fingerprint density at radius 2 is 2.21 bits per heavy atom. The second-order valence-corrected chi connectivity index (χ2v) is 8.13. The predicted octanol–water partition coefficient (Wildman–Crippen LogP) is 1.94. The topological polar surface area (TPSA) is 54.5 Å². The van der Waals surface area contributed by atoms with Gasteiger partial charge in [0.25, 0.3) is 5.91 Å². The Hall–Kier alpha value is -0.630. The molecule has 0 saturated carbocycles. The lowest BCUT2D eigenvalue weighted by molar-refractivity contribution is 0.0708. The molecular weight excluding hydrogens is 377 g/mol. The largest absolute Gasteiger partial charge is 0.335 e. The number of nitrogens with zero attached hydrogens (tertiary/aromatic N) is 1. The lowest BCUT2D eigenvalue weighted by atomic mass is 10.1. The maximum absolute atomic E-state index is 12.5. The van der Waals surface area contributed by atoms with Gasteiger partial charge in [-0.1, -0.05) is 6.07 Å². The Morgan fingerprint density at radius 1 is 1.47 bits per heavy atom. The van der Waals surface area contributed by atoms with Crippen LogP contribution in [-0.2, 0) is 9.84 Å². The molecule has 1 aromatic carbocycles. The van der Waals surface area contributed by atoms with E-state index in [1.807, 2.05) is 25.1 Å². The molecule has 1 heterocycles. The Balaban J connectivity index is 2.21. The van der Waals surface area contributed by atoms with Crippen LogP contribution in [0.2, 0.25) is 0 Å². The van der Waals surface area contributed by atoms with Crippen LogP contribution < -0.4 is 0 Å². The van der Waals surface area contributed by atoms with Gasteiger partial charge in [0.15, 0.2) is 9.84 Å². The van der Waals surface area contributed by atoms with Crippen LogP contribution in [0.25, 0.3) is 0 Å². The zero-order valence-corrected chi connectivity index (χ0v) is 13.6. The molecule has 6 heteroatoms. The average molecular weight is 393 g/mol. The van der Waals surface area contributed by atoms with Gasteiger partial charge in [-0.25, -0.2) is 8.42 Å². The highest BCUT2D eigenvalue weighted by Gasteiger charge is 2.34. The Labute approximate surface area is 127 Å². The summed E-state index contributed by atoms with van der Waals surface area (Å²) in [6.45, 7) is 2.42. The molecule has 19 heavy (non-hydrogen) atoms. The average Bonchev–Trinajstić information content (AvgIpc) is 2.70. The van der Waals surface area contributed by atoms with E-state index in [9.17, 15) is 13.2 Å². The fourth-order valence-corrected chi connectivity index (χ4v) is 4.65.